The Bertz CT molecular complexity index is 507. The molecule has 1 aromatic heterocycles. The lowest BCUT2D eigenvalue weighted by Crippen LogP contribution is -2.29. The Morgan fingerprint density at radius 2 is 2.24 bits per heavy atom. The second kappa shape index (κ2) is 5.68. The first kappa shape index (κ1) is 11.9. The maximum Gasteiger partial charge on any atom is 0.319 e. The summed E-state index contributed by atoms with van der Waals surface area (Å²) in [7, 11) is 0. The number of fused-ring (bicyclic) bond motifs is 1. The largest absolute Gasteiger partial charge is 0.338 e. The SMILES string of the molecule is CCCCNC(=O)Nc1ccc2sccc2c1. The highest BCUT2D eigenvalue weighted by Gasteiger charge is 2.02. The van der Waals surface area contributed by atoms with E-state index in [0.717, 1.165) is 25.1 Å². The number of carbonyl (C=O) groups excluding carboxylic acids is 1. The molecule has 0 saturated heterocycles. The van der Waals surface area contributed by atoms with Gasteiger partial charge in [0.05, 0.1) is 0 Å². The van der Waals surface area contributed by atoms with Gasteiger partial charge in [-0.05, 0) is 41.5 Å². The van der Waals surface area contributed by atoms with E-state index in [1.54, 1.807) is 11.3 Å². The molecule has 1 heterocycles. The molecule has 0 atom stereocenters. The maximum atomic E-state index is 11.5. The van der Waals surface area contributed by atoms with E-state index in [-0.39, 0.29) is 6.03 Å². The first-order chi connectivity index (χ1) is 8.29. The minimum Gasteiger partial charge on any atom is -0.338 e. The normalized spacial score (nSPS) is 10.4. The van der Waals surface area contributed by atoms with Gasteiger partial charge >= 0.3 is 6.03 Å². The Morgan fingerprint density at radius 1 is 1.35 bits per heavy atom. The number of amides is 2. The summed E-state index contributed by atoms with van der Waals surface area (Å²) in [6.07, 6.45) is 2.10. The van der Waals surface area contributed by atoms with Gasteiger partial charge in [0.25, 0.3) is 0 Å². The standard InChI is InChI=1S/C13H16N2OS/c1-2-3-7-14-13(16)15-11-4-5-12-10(9-11)6-8-17-12/h4-6,8-9H,2-3,7H2,1H3,(H2,14,15,16). The van der Waals surface area contributed by atoms with Crippen molar-refractivity contribution in [1.82, 2.24) is 5.32 Å². The van der Waals surface area contributed by atoms with Gasteiger partial charge in [-0.1, -0.05) is 13.3 Å². The minimum atomic E-state index is -0.131. The molecular weight excluding hydrogens is 232 g/mol. The predicted molar refractivity (Wildman–Crippen MR) is 73.8 cm³/mol. The Kier molecular flexibility index (Phi) is 3.98. The van der Waals surface area contributed by atoms with Gasteiger partial charge in [-0.2, -0.15) is 0 Å². The highest BCUT2D eigenvalue weighted by atomic mass is 32.1. The molecule has 2 amide bonds. The number of unbranched alkanes of at least 4 members (excludes halogenated alkanes) is 1. The molecule has 0 aliphatic carbocycles. The number of thiophene rings is 1. The molecule has 2 aromatic rings. The summed E-state index contributed by atoms with van der Waals surface area (Å²) in [5.41, 5.74) is 0.838. The number of rotatable bonds is 4. The fourth-order valence-corrected chi connectivity index (χ4v) is 2.37. The van der Waals surface area contributed by atoms with Crippen LogP contribution < -0.4 is 10.6 Å². The third-order valence-electron chi connectivity index (χ3n) is 2.53. The molecule has 0 fully saturated rings. The van der Waals surface area contributed by atoms with Gasteiger partial charge < -0.3 is 10.6 Å². The van der Waals surface area contributed by atoms with Crippen LogP contribution in [0.5, 0.6) is 0 Å². The zero-order valence-electron chi connectivity index (χ0n) is 9.82. The van der Waals surface area contributed by atoms with Gasteiger partial charge in [-0.3, -0.25) is 0 Å². The van der Waals surface area contributed by atoms with Gasteiger partial charge in [-0.15, -0.1) is 11.3 Å². The number of anilines is 1. The van der Waals surface area contributed by atoms with Crippen molar-refractivity contribution in [3.05, 3.63) is 29.6 Å². The van der Waals surface area contributed by atoms with Crippen LogP contribution in [-0.2, 0) is 0 Å². The molecule has 0 aliphatic heterocycles. The fraction of sp³-hybridized carbons (Fsp3) is 0.308. The molecule has 2 rings (SSSR count). The predicted octanol–water partition coefficient (Wildman–Crippen LogP) is 3.82. The van der Waals surface area contributed by atoms with Gasteiger partial charge in [0.15, 0.2) is 0 Å². The van der Waals surface area contributed by atoms with Crippen LogP contribution in [0.3, 0.4) is 0 Å². The lowest BCUT2D eigenvalue weighted by molar-refractivity contribution is 0.252. The molecule has 0 unspecified atom stereocenters. The molecule has 0 bridgehead atoms. The molecule has 2 N–H and O–H groups in total. The number of benzene rings is 1. The number of hydrogen-bond acceptors (Lipinski definition) is 2. The van der Waals surface area contributed by atoms with E-state index in [1.807, 2.05) is 18.2 Å². The number of carbonyl (C=O) groups is 1. The van der Waals surface area contributed by atoms with Crippen molar-refractivity contribution in [3.63, 3.8) is 0 Å². The average molecular weight is 248 g/mol. The molecule has 0 saturated carbocycles. The van der Waals surface area contributed by atoms with Crippen LogP contribution in [0.1, 0.15) is 19.8 Å². The Hall–Kier alpha value is -1.55. The van der Waals surface area contributed by atoms with Gasteiger partial charge in [-0.25, -0.2) is 4.79 Å². The lowest BCUT2D eigenvalue weighted by atomic mass is 10.2. The van der Waals surface area contributed by atoms with Crippen LogP contribution in [0.25, 0.3) is 10.1 Å². The van der Waals surface area contributed by atoms with Crippen LogP contribution >= 0.6 is 11.3 Å². The molecule has 3 nitrogen and oxygen atoms in total. The summed E-state index contributed by atoms with van der Waals surface area (Å²) in [5, 5.41) is 8.88. The number of nitrogens with one attached hydrogen (secondary N) is 2. The van der Waals surface area contributed by atoms with Crippen molar-refractivity contribution in [2.45, 2.75) is 19.8 Å². The Labute approximate surface area is 105 Å². The van der Waals surface area contributed by atoms with Crippen molar-refractivity contribution in [2.75, 3.05) is 11.9 Å². The maximum absolute atomic E-state index is 11.5. The van der Waals surface area contributed by atoms with Crippen molar-refractivity contribution in [2.24, 2.45) is 0 Å². The quantitative estimate of drug-likeness (QED) is 0.793. The Morgan fingerprint density at radius 3 is 3.06 bits per heavy atom. The Balaban J connectivity index is 1.95. The van der Waals surface area contributed by atoms with E-state index < -0.39 is 0 Å². The van der Waals surface area contributed by atoms with Gasteiger partial charge in [0.1, 0.15) is 0 Å². The fourth-order valence-electron chi connectivity index (χ4n) is 1.60. The number of urea groups is 1. The average Bonchev–Trinajstić information content (AvgIpc) is 2.76. The van der Waals surface area contributed by atoms with E-state index in [1.165, 1.54) is 10.1 Å². The monoisotopic (exact) mass is 248 g/mol. The second-order valence-electron chi connectivity index (χ2n) is 3.91. The molecular formula is C13H16N2OS. The highest BCUT2D eigenvalue weighted by molar-refractivity contribution is 7.17. The van der Waals surface area contributed by atoms with Gasteiger partial charge in [0.2, 0.25) is 0 Å². The third kappa shape index (κ3) is 3.20. The van der Waals surface area contributed by atoms with E-state index in [2.05, 4.69) is 29.0 Å². The summed E-state index contributed by atoms with van der Waals surface area (Å²) < 4.78 is 1.24. The van der Waals surface area contributed by atoms with Gasteiger partial charge in [0, 0.05) is 16.9 Å². The van der Waals surface area contributed by atoms with Crippen molar-refractivity contribution in [1.29, 1.82) is 0 Å². The summed E-state index contributed by atoms with van der Waals surface area (Å²) in [4.78, 5) is 11.5. The van der Waals surface area contributed by atoms with Crippen LogP contribution in [-0.4, -0.2) is 12.6 Å². The topological polar surface area (TPSA) is 41.1 Å². The van der Waals surface area contributed by atoms with E-state index in [0.29, 0.717) is 0 Å². The first-order valence-electron chi connectivity index (χ1n) is 5.81. The number of hydrogen-bond donors (Lipinski definition) is 2. The molecule has 4 heteroatoms. The highest BCUT2D eigenvalue weighted by Crippen LogP contribution is 2.23. The van der Waals surface area contributed by atoms with Crippen LogP contribution in [0, 0.1) is 0 Å². The van der Waals surface area contributed by atoms with Crippen LogP contribution in [0.15, 0.2) is 29.6 Å². The third-order valence-corrected chi connectivity index (χ3v) is 3.42. The molecule has 0 aliphatic rings. The first-order valence-corrected chi connectivity index (χ1v) is 6.69. The van der Waals surface area contributed by atoms with E-state index >= 15 is 0 Å². The van der Waals surface area contributed by atoms with E-state index in [4.69, 9.17) is 0 Å². The summed E-state index contributed by atoms with van der Waals surface area (Å²) in [6, 6.07) is 7.87. The molecule has 17 heavy (non-hydrogen) atoms. The molecule has 0 spiro atoms. The second-order valence-corrected chi connectivity index (χ2v) is 4.86. The molecule has 0 radical (unpaired) electrons. The minimum absolute atomic E-state index is 0.131. The molecule has 1 aromatic carbocycles. The zero-order chi connectivity index (χ0) is 12.1. The lowest BCUT2D eigenvalue weighted by Gasteiger charge is -2.07. The summed E-state index contributed by atoms with van der Waals surface area (Å²) in [5.74, 6) is 0. The van der Waals surface area contributed by atoms with Crippen molar-refractivity contribution < 1.29 is 4.79 Å². The van der Waals surface area contributed by atoms with Crippen LogP contribution in [0.2, 0.25) is 0 Å². The summed E-state index contributed by atoms with van der Waals surface area (Å²) >= 11 is 1.70. The van der Waals surface area contributed by atoms with Crippen LogP contribution in [0.4, 0.5) is 10.5 Å². The van der Waals surface area contributed by atoms with E-state index in [9.17, 15) is 4.79 Å². The van der Waals surface area contributed by atoms with Crippen molar-refractivity contribution >= 4 is 33.1 Å². The smallest absolute Gasteiger partial charge is 0.319 e. The zero-order valence-corrected chi connectivity index (χ0v) is 10.6. The van der Waals surface area contributed by atoms with Crippen molar-refractivity contribution in [3.8, 4) is 0 Å². The summed E-state index contributed by atoms with van der Waals surface area (Å²) in [6.45, 7) is 2.83. The molecule has 90 valence electrons.